The molecule has 10 heteroatoms. The number of pyridine rings is 2. The summed E-state index contributed by atoms with van der Waals surface area (Å²) in [6.07, 6.45) is 4.18. The second-order valence-corrected chi connectivity index (χ2v) is 11.6. The maximum absolute atomic E-state index is 13.4. The number of nitrogen functional groups attached to an aromatic ring is 1. The van der Waals surface area contributed by atoms with Crippen LogP contribution in [0.3, 0.4) is 0 Å². The standard InChI is InChI=1S/C26H28N6O3S/c1-16-14-26(2,3)32(15-16)24-19(25(33)31-36(34,35)22-5-4-11-29-23(22)27)8-9-20(30-24)18-7-6-17-10-12-28-21(17)13-18/h4-13,16,28H,14-15H2,1-3H3,(H2,27,29)(H,31,33)/t16-/m0/s1. The first-order chi connectivity index (χ1) is 17.0. The van der Waals surface area contributed by atoms with Gasteiger partial charge in [-0.05, 0) is 68.0 Å². The summed E-state index contributed by atoms with van der Waals surface area (Å²) in [4.78, 5) is 27.2. The molecule has 1 amide bonds. The van der Waals surface area contributed by atoms with Crippen molar-refractivity contribution in [1.82, 2.24) is 19.7 Å². The van der Waals surface area contributed by atoms with E-state index in [4.69, 9.17) is 10.7 Å². The molecule has 1 fully saturated rings. The number of sulfonamides is 1. The highest BCUT2D eigenvalue weighted by molar-refractivity contribution is 7.90. The lowest BCUT2D eigenvalue weighted by atomic mass is 9.97. The average Bonchev–Trinajstić information content (AvgIpc) is 3.40. The topological polar surface area (TPSA) is 134 Å². The molecule has 1 saturated heterocycles. The smallest absolute Gasteiger partial charge is 0.268 e. The molecule has 0 aliphatic carbocycles. The monoisotopic (exact) mass is 504 g/mol. The lowest BCUT2D eigenvalue weighted by Gasteiger charge is -2.34. The van der Waals surface area contributed by atoms with E-state index in [1.807, 2.05) is 30.5 Å². The van der Waals surface area contributed by atoms with Crippen LogP contribution in [-0.2, 0) is 10.0 Å². The molecule has 186 valence electrons. The van der Waals surface area contributed by atoms with Crippen molar-refractivity contribution in [3.63, 3.8) is 0 Å². The number of aromatic amines is 1. The zero-order chi connectivity index (χ0) is 25.7. The molecule has 0 unspecified atom stereocenters. The molecule has 4 N–H and O–H groups in total. The Hall–Kier alpha value is -3.92. The number of H-pyrrole nitrogens is 1. The van der Waals surface area contributed by atoms with Gasteiger partial charge in [-0.2, -0.15) is 0 Å². The van der Waals surface area contributed by atoms with Gasteiger partial charge in [0.25, 0.3) is 15.9 Å². The molecule has 0 radical (unpaired) electrons. The van der Waals surface area contributed by atoms with E-state index in [-0.39, 0.29) is 21.8 Å². The van der Waals surface area contributed by atoms with E-state index in [0.717, 1.165) is 22.9 Å². The second kappa shape index (κ2) is 8.63. The van der Waals surface area contributed by atoms with Gasteiger partial charge >= 0.3 is 0 Å². The normalized spacial score (nSPS) is 17.4. The maximum Gasteiger partial charge on any atom is 0.268 e. The highest BCUT2D eigenvalue weighted by Crippen LogP contribution is 2.38. The Labute approximate surface area is 209 Å². The summed E-state index contributed by atoms with van der Waals surface area (Å²) in [5, 5.41) is 1.09. The number of fused-ring (bicyclic) bond motifs is 1. The molecule has 0 bridgehead atoms. The number of hydrogen-bond donors (Lipinski definition) is 3. The van der Waals surface area contributed by atoms with Crippen molar-refractivity contribution >= 4 is 38.5 Å². The first kappa shape index (κ1) is 23.8. The molecule has 4 heterocycles. The number of carbonyl (C=O) groups excluding carboxylic acids is 1. The lowest BCUT2D eigenvalue weighted by molar-refractivity contribution is 0.0981. The Bertz CT molecular complexity index is 1580. The van der Waals surface area contributed by atoms with Gasteiger partial charge in [0.05, 0.1) is 11.3 Å². The summed E-state index contributed by atoms with van der Waals surface area (Å²) in [5.74, 6) is -0.126. The van der Waals surface area contributed by atoms with E-state index in [1.165, 1.54) is 18.3 Å². The highest BCUT2D eigenvalue weighted by atomic mass is 32.2. The van der Waals surface area contributed by atoms with E-state index in [0.29, 0.717) is 24.0 Å². The molecular weight excluding hydrogens is 476 g/mol. The number of anilines is 2. The van der Waals surface area contributed by atoms with Crippen molar-refractivity contribution in [2.24, 2.45) is 5.92 Å². The molecular formula is C26H28N6O3S. The molecule has 5 rings (SSSR count). The van der Waals surface area contributed by atoms with Gasteiger partial charge in [-0.15, -0.1) is 0 Å². The van der Waals surface area contributed by atoms with Crippen molar-refractivity contribution < 1.29 is 13.2 Å². The quantitative estimate of drug-likeness (QED) is 0.375. The third-order valence-electron chi connectivity index (χ3n) is 6.62. The van der Waals surface area contributed by atoms with Crippen LogP contribution < -0.4 is 15.4 Å². The molecule has 0 saturated carbocycles. The summed E-state index contributed by atoms with van der Waals surface area (Å²) in [6.45, 7) is 7.05. The van der Waals surface area contributed by atoms with Crippen LogP contribution in [0.4, 0.5) is 11.6 Å². The number of amides is 1. The molecule has 0 spiro atoms. The Morgan fingerprint density at radius 3 is 2.72 bits per heavy atom. The van der Waals surface area contributed by atoms with Gasteiger partial charge in [-0.1, -0.05) is 19.1 Å². The summed E-state index contributed by atoms with van der Waals surface area (Å²) < 4.78 is 28.0. The largest absolute Gasteiger partial charge is 0.383 e. The number of benzene rings is 1. The first-order valence-electron chi connectivity index (χ1n) is 11.7. The number of nitrogens with one attached hydrogen (secondary N) is 2. The first-order valence-corrected chi connectivity index (χ1v) is 13.2. The van der Waals surface area contributed by atoms with E-state index < -0.39 is 15.9 Å². The van der Waals surface area contributed by atoms with Crippen molar-refractivity contribution in [3.05, 3.63) is 66.5 Å². The fourth-order valence-corrected chi connectivity index (χ4v) is 6.07. The van der Waals surface area contributed by atoms with Crippen LogP contribution in [0.25, 0.3) is 22.2 Å². The zero-order valence-electron chi connectivity index (χ0n) is 20.3. The average molecular weight is 505 g/mol. The summed E-state index contributed by atoms with van der Waals surface area (Å²) in [5.41, 5.74) is 8.21. The van der Waals surface area contributed by atoms with Crippen LogP contribution in [0, 0.1) is 5.92 Å². The summed E-state index contributed by atoms with van der Waals surface area (Å²) in [6, 6.07) is 14.1. The van der Waals surface area contributed by atoms with E-state index in [1.54, 1.807) is 12.1 Å². The predicted octanol–water partition coefficient (Wildman–Crippen LogP) is 3.95. The van der Waals surface area contributed by atoms with Gasteiger partial charge in [0.15, 0.2) is 0 Å². The van der Waals surface area contributed by atoms with Crippen molar-refractivity contribution in [1.29, 1.82) is 0 Å². The van der Waals surface area contributed by atoms with Gasteiger partial charge in [0, 0.05) is 35.6 Å². The van der Waals surface area contributed by atoms with Gasteiger partial charge in [0.1, 0.15) is 16.5 Å². The number of carbonyl (C=O) groups is 1. The van der Waals surface area contributed by atoms with Crippen LogP contribution in [-0.4, -0.2) is 41.4 Å². The third-order valence-corrected chi connectivity index (χ3v) is 7.99. The van der Waals surface area contributed by atoms with E-state index in [9.17, 15) is 13.2 Å². The minimum Gasteiger partial charge on any atom is -0.383 e. The Morgan fingerprint density at radius 2 is 2.00 bits per heavy atom. The zero-order valence-corrected chi connectivity index (χ0v) is 21.1. The molecule has 1 aromatic carbocycles. The lowest BCUT2D eigenvalue weighted by Crippen LogP contribution is -2.41. The number of nitrogens with two attached hydrogens (primary N) is 1. The van der Waals surface area contributed by atoms with Gasteiger partial charge in [-0.3, -0.25) is 4.79 Å². The van der Waals surface area contributed by atoms with E-state index >= 15 is 0 Å². The maximum atomic E-state index is 13.4. The Kier molecular flexibility index (Phi) is 5.71. The molecule has 9 nitrogen and oxygen atoms in total. The fraction of sp³-hybridized carbons (Fsp3) is 0.269. The summed E-state index contributed by atoms with van der Waals surface area (Å²) >= 11 is 0. The van der Waals surface area contributed by atoms with Crippen LogP contribution in [0.15, 0.2) is 65.8 Å². The molecule has 36 heavy (non-hydrogen) atoms. The number of aromatic nitrogens is 3. The summed E-state index contributed by atoms with van der Waals surface area (Å²) in [7, 11) is -4.24. The third kappa shape index (κ3) is 4.28. The predicted molar refractivity (Wildman–Crippen MR) is 140 cm³/mol. The Balaban J connectivity index is 1.58. The molecule has 3 aromatic heterocycles. The molecule has 4 aromatic rings. The second-order valence-electron chi connectivity index (χ2n) is 9.90. The highest BCUT2D eigenvalue weighted by Gasteiger charge is 2.39. The van der Waals surface area contributed by atoms with Crippen LogP contribution >= 0.6 is 0 Å². The minimum atomic E-state index is -4.24. The fourth-order valence-electron chi connectivity index (χ4n) is 5.02. The van der Waals surface area contributed by atoms with Gasteiger partial charge < -0.3 is 15.6 Å². The Morgan fingerprint density at radius 1 is 1.19 bits per heavy atom. The van der Waals surface area contributed by atoms with Gasteiger partial charge in [0.2, 0.25) is 0 Å². The number of hydrogen-bond acceptors (Lipinski definition) is 7. The molecule has 1 atom stereocenters. The van der Waals surface area contributed by atoms with Crippen molar-refractivity contribution in [2.45, 2.75) is 37.6 Å². The van der Waals surface area contributed by atoms with E-state index in [2.05, 4.69) is 40.4 Å². The SMILES string of the molecule is C[C@@H]1CN(c2nc(-c3ccc4cc[nH]c4c3)ccc2C(=O)NS(=O)(=O)c2cccnc2N)C(C)(C)C1. The number of nitrogens with zero attached hydrogens (tertiary/aromatic N) is 3. The molecule has 1 aliphatic rings. The number of rotatable bonds is 5. The minimum absolute atomic E-state index is 0.174. The van der Waals surface area contributed by atoms with Gasteiger partial charge in [-0.25, -0.2) is 23.1 Å². The van der Waals surface area contributed by atoms with Crippen molar-refractivity contribution in [3.8, 4) is 11.3 Å². The van der Waals surface area contributed by atoms with Crippen LogP contribution in [0.1, 0.15) is 37.6 Å². The molecule has 1 aliphatic heterocycles. The van der Waals surface area contributed by atoms with Crippen molar-refractivity contribution in [2.75, 3.05) is 17.2 Å². The van der Waals surface area contributed by atoms with Crippen LogP contribution in [0.2, 0.25) is 0 Å². The van der Waals surface area contributed by atoms with Crippen LogP contribution in [0.5, 0.6) is 0 Å².